The highest BCUT2D eigenvalue weighted by Crippen LogP contribution is 2.70. The van der Waals surface area contributed by atoms with Gasteiger partial charge in [0.05, 0.1) is 11.7 Å². The lowest BCUT2D eigenvalue weighted by atomic mass is 9.40. The molecule has 4 rings (SSSR count). The molecule has 8 atom stereocenters. The van der Waals surface area contributed by atoms with Gasteiger partial charge in [-0.3, -0.25) is 4.79 Å². The monoisotopic (exact) mass is 444 g/mol. The van der Waals surface area contributed by atoms with E-state index in [9.17, 15) is 15.0 Å². The molecular formula is C29H48O3. The molecule has 0 aromatic carbocycles. The first-order valence-electron chi connectivity index (χ1n) is 13.3. The summed E-state index contributed by atoms with van der Waals surface area (Å²) in [6, 6.07) is 0. The minimum absolute atomic E-state index is 0.163. The molecule has 0 amide bonds. The van der Waals surface area contributed by atoms with Gasteiger partial charge in [0.15, 0.2) is 0 Å². The lowest BCUT2D eigenvalue weighted by molar-refractivity contribution is -0.168. The van der Waals surface area contributed by atoms with Gasteiger partial charge >= 0.3 is 0 Å². The predicted molar refractivity (Wildman–Crippen MR) is 130 cm³/mol. The maximum Gasteiger partial charge on any atom is 0.138 e. The summed E-state index contributed by atoms with van der Waals surface area (Å²) in [5.74, 6) is 3.81. The second-order valence-electron chi connectivity index (χ2n) is 13.7. The van der Waals surface area contributed by atoms with Gasteiger partial charge in [-0.2, -0.15) is 0 Å². The molecule has 0 saturated heterocycles. The summed E-state index contributed by atoms with van der Waals surface area (Å²) in [4.78, 5) is 12.8. The van der Waals surface area contributed by atoms with Crippen LogP contribution in [0.25, 0.3) is 0 Å². The predicted octanol–water partition coefficient (Wildman–Crippen LogP) is 6.32. The normalized spacial score (nSPS) is 44.4. The van der Waals surface area contributed by atoms with E-state index in [-0.39, 0.29) is 5.41 Å². The van der Waals surface area contributed by atoms with Crippen LogP contribution in [0.2, 0.25) is 0 Å². The fourth-order valence-corrected chi connectivity index (χ4v) is 9.37. The Balaban J connectivity index is 1.50. The molecule has 2 N–H and O–H groups in total. The van der Waals surface area contributed by atoms with Gasteiger partial charge in [-0.1, -0.05) is 39.8 Å². The van der Waals surface area contributed by atoms with Gasteiger partial charge in [0.1, 0.15) is 5.78 Å². The summed E-state index contributed by atoms with van der Waals surface area (Å²) in [6.45, 7) is 17.4. The van der Waals surface area contributed by atoms with Crippen LogP contribution < -0.4 is 0 Å². The molecule has 0 aromatic heterocycles. The van der Waals surface area contributed by atoms with Gasteiger partial charge in [0.25, 0.3) is 0 Å². The molecule has 4 aliphatic carbocycles. The molecule has 3 nitrogen and oxygen atoms in total. The molecule has 0 radical (unpaired) electrons. The summed E-state index contributed by atoms with van der Waals surface area (Å²) in [7, 11) is 0. The number of carbonyl (C=O) groups is 1. The summed E-state index contributed by atoms with van der Waals surface area (Å²) < 4.78 is 0. The van der Waals surface area contributed by atoms with Crippen LogP contribution in [0.5, 0.6) is 0 Å². The first-order valence-corrected chi connectivity index (χ1v) is 13.3. The molecule has 0 aliphatic heterocycles. The van der Waals surface area contributed by atoms with Crippen LogP contribution in [0.15, 0.2) is 12.2 Å². The largest absolute Gasteiger partial charge is 0.390 e. The van der Waals surface area contributed by atoms with Crippen molar-refractivity contribution in [3.05, 3.63) is 12.2 Å². The smallest absolute Gasteiger partial charge is 0.138 e. The van der Waals surface area contributed by atoms with Crippen LogP contribution in [0.1, 0.15) is 106 Å². The second-order valence-corrected chi connectivity index (χ2v) is 13.7. The van der Waals surface area contributed by atoms with Gasteiger partial charge < -0.3 is 10.2 Å². The van der Waals surface area contributed by atoms with Crippen LogP contribution in [-0.4, -0.2) is 27.7 Å². The van der Waals surface area contributed by atoms with E-state index in [1.54, 1.807) is 13.8 Å². The SMILES string of the molecule is C=C(CC[C@H](O)C(C)(C)O)[C@H]1CC[C@]2(C)[C@@H]3CC[C@@H]4C(C)(C)C(=O)CC[C@]4(C)[C@H]3CC[C@@H]12. The van der Waals surface area contributed by atoms with Crippen molar-refractivity contribution in [1.29, 1.82) is 0 Å². The molecule has 0 unspecified atom stereocenters. The molecule has 4 saturated carbocycles. The molecule has 4 fully saturated rings. The van der Waals surface area contributed by atoms with Crippen LogP contribution in [-0.2, 0) is 4.79 Å². The Morgan fingerprint density at radius 3 is 2.25 bits per heavy atom. The highest BCUT2D eigenvalue weighted by Gasteiger charge is 2.63. The molecule has 4 aliphatic rings. The number of aliphatic hydroxyl groups excluding tert-OH is 1. The number of ketones is 1. The van der Waals surface area contributed by atoms with E-state index in [2.05, 4.69) is 34.3 Å². The minimum Gasteiger partial charge on any atom is -0.390 e. The van der Waals surface area contributed by atoms with Crippen LogP contribution in [0, 0.1) is 45.8 Å². The van der Waals surface area contributed by atoms with Crippen molar-refractivity contribution in [2.45, 2.75) is 117 Å². The van der Waals surface area contributed by atoms with Crippen LogP contribution in [0.3, 0.4) is 0 Å². The van der Waals surface area contributed by atoms with E-state index in [0.29, 0.717) is 40.8 Å². The van der Waals surface area contributed by atoms with Gasteiger partial charge in [-0.25, -0.2) is 0 Å². The highest BCUT2D eigenvalue weighted by atomic mass is 16.3. The standard InChI is InChI=1S/C29H48O3/c1-18(8-13-25(31)27(4,5)32)19-14-16-28(6)20(19)9-10-22-21(28)11-12-23-26(2,3)24(30)15-17-29(22,23)7/h19-23,25,31-32H,1,8-17H2,2-7H3/t19-,20+,21-,22+,23-,25+,28+,29-/m1/s1. The Hall–Kier alpha value is -0.670. The summed E-state index contributed by atoms with van der Waals surface area (Å²) in [5.41, 5.74) is 0.769. The first kappa shape index (κ1) is 24.5. The summed E-state index contributed by atoms with van der Waals surface area (Å²) in [6.07, 6.45) is 10.2. The Labute approximate surface area is 196 Å². The molecule has 182 valence electrons. The topological polar surface area (TPSA) is 57.5 Å². The second kappa shape index (κ2) is 7.94. The number of Topliss-reactive ketones (excluding diaryl/α,β-unsaturated/α-hetero) is 1. The van der Waals surface area contributed by atoms with E-state index in [1.807, 2.05) is 0 Å². The van der Waals surface area contributed by atoms with Crippen LogP contribution in [0.4, 0.5) is 0 Å². The molecule has 3 heteroatoms. The molecule has 0 heterocycles. The number of carbonyl (C=O) groups excluding carboxylic acids is 1. The van der Waals surface area contributed by atoms with E-state index >= 15 is 0 Å². The number of hydrogen-bond acceptors (Lipinski definition) is 3. The number of allylic oxidation sites excluding steroid dienone is 1. The quantitative estimate of drug-likeness (QED) is 0.488. The zero-order valence-corrected chi connectivity index (χ0v) is 21.5. The minimum atomic E-state index is -1.05. The molecular weight excluding hydrogens is 396 g/mol. The van der Waals surface area contributed by atoms with E-state index < -0.39 is 11.7 Å². The van der Waals surface area contributed by atoms with Gasteiger partial charge in [-0.05, 0) is 112 Å². The number of aliphatic hydroxyl groups is 2. The van der Waals surface area contributed by atoms with Gasteiger partial charge in [0, 0.05) is 11.8 Å². The van der Waals surface area contributed by atoms with E-state index in [1.165, 1.54) is 44.1 Å². The fraction of sp³-hybridized carbons (Fsp3) is 0.897. The van der Waals surface area contributed by atoms with E-state index in [4.69, 9.17) is 0 Å². The van der Waals surface area contributed by atoms with Gasteiger partial charge in [-0.15, -0.1) is 0 Å². The summed E-state index contributed by atoms with van der Waals surface area (Å²) >= 11 is 0. The van der Waals surface area contributed by atoms with Crippen molar-refractivity contribution in [2.75, 3.05) is 0 Å². The number of rotatable bonds is 5. The van der Waals surface area contributed by atoms with Gasteiger partial charge in [0.2, 0.25) is 0 Å². The third-order valence-electron chi connectivity index (χ3n) is 11.4. The fourth-order valence-electron chi connectivity index (χ4n) is 9.37. The van der Waals surface area contributed by atoms with Crippen molar-refractivity contribution in [2.24, 2.45) is 45.8 Å². The zero-order chi connectivity index (χ0) is 23.7. The molecule has 32 heavy (non-hydrogen) atoms. The van der Waals surface area contributed by atoms with Crippen molar-refractivity contribution in [3.63, 3.8) is 0 Å². The Bertz CT molecular complexity index is 761. The Morgan fingerprint density at radius 2 is 1.59 bits per heavy atom. The zero-order valence-electron chi connectivity index (χ0n) is 21.5. The van der Waals surface area contributed by atoms with E-state index in [0.717, 1.165) is 31.1 Å². The number of hydrogen-bond donors (Lipinski definition) is 2. The van der Waals surface area contributed by atoms with Crippen LogP contribution >= 0.6 is 0 Å². The molecule has 0 bridgehead atoms. The molecule has 0 spiro atoms. The first-order chi connectivity index (χ1) is 14.7. The lowest BCUT2D eigenvalue weighted by Gasteiger charge is -2.64. The maximum atomic E-state index is 12.8. The maximum absolute atomic E-state index is 12.8. The lowest BCUT2D eigenvalue weighted by Crippen LogP contribution is -2.59. The van der Waals surface area contributed by atoms with Crippen molar-refractivity contribution < 1.29 is 15.0 Å². The van der Waals surface area contributed by atoms with Crippen molar-refractivity contribution in [3.8, 4) is 0 Å². The Kier molecular flexibility index (Phi) is 6.07. The van der Waals surface area contributed by atoms with Crippen molar-refractivity contribution in [1.82, 2.24) is 0 Å². The number of fused-ring (bicyclic) bond motifs is 5. The third-order valence-corrected chi connectivity index (χ3v) is 11.4. The highest BCUT2D eigenvalue weighted by molar-refractivity contribution is 5.85. The average molecular weight is 445 g/mol. The summed E-state index contributed by atoms with van der Waals surface area (Å²) in [5, 5.41) is 20.4. The third kappa shape index (κ3) is 3.65. The van der Waals surface area contributed by atoms with Crippen molar-refractivity contribution >= 4 is 5.78 Å². The molecule has 0 aromatic rings. The Morgan fingerprint density at radius 1 is 1.00 bits per heavy atom. The average Bonchev–Trinajstić information content (AvgIpc) is 3.06.